The van der Waals surface area contributed by atoms with E-state index in [9.17, 15) is 0 Å². The highest BCUT2D eigenvalue weighted by molar-refractivity contribution is 7.80. The van der Waals surface area contributed by atoms with Crippen molar-refractivity contribution < 1.29 is 14.2 Å². The van der Waals surface area contributed by atoms with Gasteiger partial charge >= 0.3 is 0 Å². The van der Waals surface area contributed by atoms with Gasteiger partial charge in [0.1, 0.15) is 0 Å². The standard InChI is InChI=1S/C19H20ClN3O3S/c1-24-16-8-12(9-17(25-2)18(16)26-3)15-10-14(22-23(15)19(21)27)11-4-6-13(20)7-5-11/h4-9,15H,10H2,1-3H3,(H2,21,27). The van der Waals surface area contributed by atoms with E-state index in [-0.39, 0.29) is 11.2 Å². The van der Waals surface area contributed by atoms with Crippen LogP contribution >= 0.6 is 23.8 Å². The Balaban J connectivity index is 2.01. The fraction of sp³-hybridized carbons (Fsp3) is 0.263. The van der Waals surface area contributed by atoms with Gasteiger partial charge in [0, 0.05) is 11.4 Å². The molecule has 0 spiro atoms. The molecule has 2 aromatic rings. The zero-order valence-electron chi connectivity index (χ0n) is 15.2. The lowest BCUT2D eigenvalue weighted by Gasteiger charge is -2.23. The summed E-state index contributed by atoms with van der Waals surface area (Å²) in [6.07, 6.45) is 0.623. The molecule has 2 N–H and O–H groups in total. The molecule has 0 saturated carbocycles. The summed E-state index contributed by atoms with van der Waals surface area (Å²) in [6.45, 7) is 0. The summed E-state index contributed by atoms with van der Waals surface area (Å²) in [7, 11) is 4.73. The number of ether oxygens (including phenoxy) is 3. The van der Waals surface area contributed by atoms with Crippen LogP contribution in [0.25, 0.3) is 0 Å². The fourth-order valence-corrected chi connectivity index (χ4v) is 3.38. The topological polar surface area (TPSA) is 69.3 Å². The van der Waals surface area contributed by atoms with Gasteiger partial charge in [-0.2, -0.15) is 5.10 Å². The smallest absolute Gasteiger partial charge is 0.203 e. The summed E-state index contributed by atoms with van der Waals surface area (Å²) in [5.74, 6) is 1.66. The van der Waals surface area contributed by atoms with Crippen molar-refractivity contribution in [2.45, 2.75) is 12.5 Å². The molecule has 0 saturated heterocycles. The van der Waals surface area contributed by atoms with E-state index in [4.69, 9.17) is 43.8 Å². The second kappa shape index (κ2) is 8.02. The number of rotatable bonds is 5. The van der Waals surface area contributed by atoms with Crippen LogP contribution in [-0.2, 0) is 0 Å². The van der Waals surface area contributed by atoms with Crippen molar-refractivity contribution in [1.29, 1.82) is 0 Å². The van der Waals surface area contributed by atoms with E-state index in [1.54, 1.807) is 26.3 Å². The zero-order valence-corrected chi connectivity index (χ0v) is 16.8. The van der Waals surface area contributed by atoms with Gasteiger partial charge in [-0.05, 0) is 47.6 Å². The molecule has 0 radical (unpaired) electrons. The molecule has 1 heterocycles. The molecule has 6 nitrogen and oxygen atoms in total. The Morgan fingerprint density at radius 3 is 2.19 bits per heavy atom. The molecule has 2 aromatic carbocycles. The van der Waals surface area contributed by atoms with Crippen molar-refractivity contribution in [3.63, 3.8) is 0 Å². The predicted molar refractivity (Wildman–Crippen MR) is 110 cm³/mol. The molecule has 0 aliphatic carbocycles. The van der Waals surface area contributed by atoms with Gasteiger partial charge in [-0.25, -0.2) is 5.01 Å². The third kappa shape index (κ3) is 3.79. The Bertz CT molecular complexity index is 861. The van der Waals surface area contributed by atoms with Gasteiger partial charge in [0.05, 0.1) is 33.1 Å². The highest BCUT2D eigenvalue weighted by Gasteiger charge is 2.32. The minimum absolute atomic E-state index is 0.179. The molecule has 1 unspecified atom stereocenters. The number of nitrogens with two attached hydrogens (primary N) is 1. The van der Waals surface area contributed by atoms with Gasteiger partial charge in [0.2, 0.25) is 5.75 Å². The summed E-state index contributed by atoms with van der Waals surface area (Å²) in [4.78, 5) is 0. The number of methoxy groups -OCH3 is 3. The van der Waals surface area contributed by atoms with Crippen LogP contribution in [0.15, 0.2) is 41.5 Å². The SMILES string of the molecule is COc1cc(C2CC(c3ccc(Cl)cc3)=NN2C(N)=S)cc(OC)c1OC. The third-order valence-corrected chi connectivity index (χ3v) is 4.82. The van der Waals surface area contributed by atoms with Crippen LogP contribution in [-0.4, -0.2) is 37.2 Å². The third-order valence-electron chi connectivity index (χ3n) is 4.39. The van der Waals surface area contributed by atoms with E-state index in [0.717, 1.165) is 16.8 Å². The van der Waals surface area contributed by atoms with Crippen LogP contribution in [0.5, 0.6) is 17.2 Å². The average molecular weight is 406 g/mol. The largest absolute Gasteiger partial charge is 0.493 e. The number of benzene rings is 2. The van der Waals surface area contributed by atoms with Crippen molar-refractivity contribution in [3.05, 3.63) is 52.5 Å². The summed E-state index contributed by atoms with van der Waals surface area (Å²) in [5.41, 5.74) is 8.68. The first kappa shape index (κ1) is 19.3. The molecular weight excluding hydrogens is 386 g/mol. The van der Waals surface area contributed by atoms with Crippen LogP contribution in [0.2, 0.25) is 5.02 Å². The number of hydrazone groups is 1. The molecule has 1 atom stereocenters. The monoisotopic (exact) mass is 405 g/mol. The number of halogens is 1. The van der Waals surface area contributed by atoms with E-state index in [0.29, 0.717) is 28.7 Å². The Hall–Kier alpha value is -2.51. The first-order valence-electron chi connectivity index (χ1n) is 8.20. The molecule has 3 rings (SSSR count). The van der Waals surface area contributed by atoms with E-state index >= 15 is 0 Å². The highest BCUT2D eigenvalue weighted by atomic mass is 35.5. The molecule has 1 aliphatic heterocycles. The van der Waals surface area contributed by atoms with Gasteiger partial charge in [-0.15, -0.1) is 0 Å². The van der Waals surface area contributed by atoms with Gasteiger partial charge < -0.3 is 19.9 Å². The molecule has 0 bridgehead atoms. The highest BCUT2D eigenvalue weighted by Crippen LogP contribution is 2.43. The lowest BCUT2D eigenvalue weighted by Crippen LogP contribution is -2.31. The van der Waals surface area contributed by atoms with Gasteiger partial charge in [0.25, 0.3) is 0 Å². The molecule has 0 amide bonds. The maximum atomic E-state index is 5.99. The van der Waals surface area contributed by atoms with Crippen molar-refractivity contribution in [1.82, 2.24) is 5.01 Å². The summed E-state index contributed by atoms with van der Waals surface area (Å²) in [6, 6.07) is 11.1. The van der Waals surface area contributed by atoms with Crippen LogP contribution in [0, 0.1) is 0 Å². The quantitative estimate of drug-likeness (QED) is 0.764. The Labute approximate surface area is 168 Å². The van der Waals surface area contributed by atoms with Gasteiger partial charge in [0.15, 0.2) is 16.6 Å². The molecule has 0 fully saturated rings. The molecule has 142 valence electrons. The summed E-state index contributed by atoms with van der Waals surface area (Å²) < 4.78 is 16.3. The van der Waals surface area contributed by atoms with Crippen molar-refractivity contribution >= 4 is 34.6 Å². The van der Waals surface area contributed by atoms with Crippen LogP contribution < -0.4 is 19.9 Å². The molecule has 27 heavy (non-hydrogen) atoms. The lowest BCUT2D eigenvalue weighted by molar-refractivity contribution is 0.319. The normalized spacial score (nSPS) is 16.1. The minimum atomic E-state index is -0.179. The maximum absolute atomic E-state index is 5.99. The van der Waals surface area contributed by atoms with Crippen molar-refractivity contribution in [3.8, 4) is 17.2 Å². The predicted octanol–water partition coefficient (Wildman–Crippen LogP) is 3.76. The second-order valence-electron chi connectivity index (χ2n) is 5.91. The number of hydrogen-bond donors (Lipinski definition) is 1. The Morgan fingerprint density at radius 2 is 1.70 bits per heavy atom. The molecule has 8 heteroatoms. The fourth-order valence-electron chi connectivity index (χ4n) is 3.08. The van der Waals surface area contributed by atoms with Gasteiger partial charge in [-0.1, -0.05) is 23.7 Å². The lowest BCUT2D eigenvalue weighted by atomic mass is 9.98. The number of hydrogen-bond acceptors (Lipinski definition) is 5. The summed E-state index contributed by atoms with van der Waals surface area (Å²) >= 11 is 11.2. The maximum Gasteiger partial charge on any atom is 0.203 e. The average Bonchev–Trinajstić information content (AvgIpc) is 3.13. The van der Waals surface area contributed by atoms with Crippen LogP contribution in [0.4, 0.5) is 0 Å². The Morgan fingerprint density at radius 1 is 1.11 bits per heavy atom. The first-order chi connectivity index (χ1) is 13.0. The van der Waals surface area contributed by atoms with Crippen molar-refractivity contribution in [2.24, 2.45) is 10.8 Å². The van der Waals surface area contributed by atoms with Crippen LogP contribution in [0.1, 0.15) is 23.6 Å². The van der Waals surface area contributed by atoms with E-state index < -0.39 is 0 Å². The van der Waals surface area contributed by atoms with Crippen LogP contribution in [0.3, 0.4) is 0 Å². The Kier molecular flexibility index (Phi) is 5.72. The molecular formula is C19H20ClN3O3S. The van der Waals surface area contributed by atoms with Gasteiger partial charge in [-0.3, -0.25) is 0 Å². The number of thiocarbonyl (C=S) groups is 1. The first-order valence-corrected chi connectivity index (χ1v) is 8.99. The zero-order chi connectivity index (χ0) is 19.6. The molecule has 1 aliphatic rings. The second-order valence-corrected chi connectivity index (χ2v) is 6.77. The molecule has 0 aromatic heterocycles. The van der Waals surface area contributed by atoms with E-state index in [2.05, 4.69) is 5.10 Å². The van der Waals surface area contributed by atoms with E-state index in [1.807, 2.05) is 36.4 Å². The summed E-state index contributed by atoms with van der Waals surface area (Å²) in [5, 5.41) is 7.13. The minimum Gasteiger partial charge on any atom is -0.493 e. The van der Waals surface area contributed by atoms with E-state index in [1.165, 1.54) is 0 Å². The number of nitrogens with zero attached hydrogens (tertiary/aromatic N) is 2. The van der Waals surface area contributed by atoms with Crippen molar-refractivity contribution in [2.75, 3.05) is 21.3 Å².